The molecule has 2 heterocycles. The van der Waals surface area contributed by atoms with Crippen LogP contribution >= 0.6 is 0 Å². The Morgan fingerprint density at radius 1 is 1.02 bits per heavy atom. The minimum Gasteiger partial charge on any atom is -0.493 e. The Morgan fingerprint density at radius 3 is 2.18 bits per heavy atom. The molecular weight excluding hydrogens is 622 g/mol. The van der Waals surface area contributed by atoms with Crippen molar-refractivity contribution in [2.45, 2.75) is 25.4 Å². The van der Waals surface area contributed by atoms with Crippen molar-refractivity contribution in [2.75, 3.05) is 44.2 Å². The fourth-order valence-electron chi connectivity index (χ4n) is 4.61. The van der Waals surface area contributed by atoms with Gasteiger partial charge < -0.3 is 18.8 Å². The van der Waals surface area contributed by atoms with Crippen LogP contribution in [0, 0.1) is 0 Å². The summed E-state index contributed by atoms with van der Waals surface area (Å²) < 4.78 is 118. The maximum absolute atomic E-state index is 13.2. The van der Waals surface area contributed by atoms with E-state index in [0.29, 0.717) is 35.3 Å². The SMILES string of the molecule is COc1cc(C2=CCN(C(=O)CS(C)(=O)=O)CC2)cc2c(N(C)C(=O)OCc3cc(C(F)(F)F)cc(C(F)(F)F)c3)coc12. The Morgan fingerprint density at radius 2 is 1.66 bits per heavy atom. The third-order valence-corrected chi connectivity index (χ3v) is 7.57. The molecule has 0 atom stereocenters. The van der Waals surface area contributed by atoms with Crippen LogP contribution in [0.5, 0.6) is 5.75 Å². The van der Waals surface area contributed by atoms with E-state index in [2.05, 4.69) is 0 Å². The van der Waals surface area contributed by atoms with Crippen LogP contribution in [-0.4, -0.2) is 64.6 Å². The predicted molar refractivity (Wildman–Crippen MR) is 147 cm³/mol. The van der Waals surface area contributed by atoms with Gasteiger partial charge in [0.15, 0.2) is 21.2 Å². The number of sulfone groups is 1. The molecular formula is C28H26F6N2O7S. The lowest BCUT2D eigenvalue weighted by atomic mass is 9.97. The Balaban J connectivity index is 1.56. The van der Waals surface area contributed by atoms with E-state index >= 15 is 0 Å². The van der Waals surface area contributed by atoms with Crippen LogP contribution in [0.25, 0.3) is 16.5 Å². The summed E-state index contributed by atoms with van der Waals surface area (Å²) in [5, 5.41) is 0.383. The molecule has 1 aliphatic rings. The predicted octanol–water partition coefficient (Wildman–Crippen LogP) is 5.91. The van der Waals surface area contributed by atoms with Crippen LogP contribution < -0.4 is 9.64 Å². The number of benzene rings is 2. The fourth-order valence-corrected chi connectivity index (χ4v) is 5.24. The molecule has 44 heavy (non-hydrogen) atoms. The summed E-state index contributed by atoms with van der Waals surface area (Å²) in [5.74, 6) is -0.827. The molecule has 2 amide bonds. The summed E-state index contributed by atoms with van der Waals surface area (Å²) in [6.07, 6.45) is -6.87. The van der Waals surface area contributed by atoms with Crippen molar-refractivity contribution >= 4 is 44.1 Å². The number of furan rings is 1. The zero-order valence-electron chi connectivity index (χ0n) is 23.5. The van der Waals surface area contributed by atoms with Gasteiger partial charge in [0, 0.05) is 31.8 Å². The number of ether oxygens (including phenoxy) is 2. The first-order valence-electron chi connectivity index (χ1n) is 12.8. The van der Waals surface area contributed by atoms with Crippen LogP contribution in [-0.2, 0) is 38.3 Å². The summed E-state index contributed by atoms with van der Waals surface area (Å²) >= 11 is 0. The average Bonchev–Trinajstić information content (AvgIpc) is 3.37. The molecule has 0 bridgehead atoms. The summed E-state index contributed by atoms with van der Waals surface area (Å²) in [4.78, 5) is 27.5. The number of fused-ring (bicyclic) bond motifs is 1. The Labute approximate surface area is 247 Å². The number of carbonyl (C=O) groups excluding carboxylic acids is 2. The second kappa shape index (κ2) is 12.1. The highest BCUT2D eigenvalue weighted by atomic mass is 32.2. The number of methoxy groups -OCH3 is 1. The number of carbonyl (C=O) groups is 2. The van der Waals surface area contributed by atoms with Crippen molar-refractivity contribution in [3.63, 3.8) is 0 Å². The van der Waals surface area contributed by atoms with Gasteiger partial charge in [-0.3, -0.25) is 9.69 Å². The molecule has 4 rings (SSSR count). The lowest BCUT2D eigenvalue weighted by Gasteiger charge is -2.26. The van der Waals surface area contributed by atoms with E-state index in [1.807, 2.05) is 0 Å². The Hall–Kier alpha value is -4.21. The third-order valence-electron chi connectivity index (χ3n) is 6.80. The molecule has 0 fully saturated rings. The van der Waals surface area contributed by atoms with Crippen LogP contribution in [0.2, 0.25) is 0 Å². The van der Waals surface area contributed by atoms with Crippen LogP contribution in [0.4, 0.5) is 36.8 Å². The Kier molecular flexibility index (Phi) is 8.96. The van der Waals surface area contributed by atoms with Gasteiger partial charge in [0.25, 0.3) is 0 Å². The second-order valence-electron chi connectivity index (χ2n) is 10.1. The van der Waals surface area contributed by atoms with Crippen LogP contribution in [0.15, 0.2) is 47.1 Å². The van der Waals surface area contributed by atoms with Gasteiger partial charge in [-0.2, -0.15) is 26.3 Å². The van der Waals surface area contributed by atoms with Crippen LogP contribution in [0.1, 0.15) is 28.7 Å². The molecule has 0 spiro atoms. The van der Waals surface area contributed by atoms with Gasteiger partial charge in [-0.15, -0.1) is 0 Å². The number of nitrogens with zero attached hydrogens (tertiary/aromatic N) is 2. The zero-order chi connectivity index (χ0) is 32.6. The first kappa shape index (κ1) is 32.7. The molecule has 0 radical (unpaired) electrons. The third kappa shape index (κ3) is 7.46. The van der Waals surface area contributed by atoms with Crippen molar-refractivity contribution in [1.29, 1.82) is 0 Å². The first-order chi connectivity index (χ1) is 20.4. The van der Waals surface area contributed by atoms with Gasteiger partial charge in [-0.1, -0.05) is 6.08 Å². The summed E-state index contributed by atoms with van der Waals surface area (Å²) in [6.45, 7) is -0.446. The molecule has 238 valence electrons. The monoisotopic (exact) mass is 648 g/mol. The second-order valence-corrected chi connectivity index (χ2v) is 12.2. The minimum atomic E-state index is -5.05. The maximum atomic E-state index is 13.2. The molecule has 0 unspecified atom stereocenters. The molecule has 16 heteroatoms. The highest BCUT2D eigenvalue weighted by Crippen LogP contribution is 2.39. The molecule has 1 aliphatic heterocycles. The molecule has 0 aliphatic carbocycles. The lowest BCUT2D eigenvalue weighted by molar-refractivity contribution is -0.143. The number of hydrogen-bond donors (Lipinski definition) is 0. The lowest BCUT2D eigenvalue weighted by Crippen LogP contribution is -2.38. The molecule has 9 nitrogen and oxygen atoms in total. The quantitative estimate of drug-likeness (QED) is 0.293. The van der Waals surface area contributed by atoms with Gasteiger partial charge in [0.05, 0.1) is 23.9 Å². The summed E-state index contributed by atoms with van der Waals surface area (Å²) in [7, 11) is -0.818. The topological polar surface area (TPSA) is 106 Å². The van der Waals surface area contributed by atoms with Gasteiger partial charge in [0.1, 0.15) is 18.6 Å². The van der Waals surface area contributed by atoms with E-state index in [9.17, 15) is 44.3 Å². The van der Waals surface area contributed by atoms with Gasteiger partial charge in [-0.25, -0.2) is 13.2 Å². The van der Waals surface area contributed by atoms with Gasteiger partial charge >= 0.3 is 18.4 Å². The van der Waals surface area contributed by atoms with E-state index in [1.54, 1.807) is 18.2 Å². The number of alkyl halides is 6. The number of hydrogen-bond acceptors (Lipinski definition) is 7. The van der Waals surface area contributed by atoms with E-state index in [1.165, 1.54) is 25.3 Å². The number of halogens is 6. The maximum Gasteiger partial charge on any atom is 0.416 e. The minimum absolute atomic E-state index is 0.0210. The molecule has 1 aromatic heterocycles. The fraction of sp³-hybridized carbons (Fsp3) is 0.357. The van der Waals surface area contributed by atoms with E-state index in [0.717, 1.165) is 16.7 Å². The molecule has 3 aromatic rings. The summed E-state index contributed by atoms with van der Waals surface area (Å²) in [5.41, 5.74) is -1.71. The normalized spacial score (nSPS) is 14.4. The van der Waals surface area contributed by atoms with Gasteiger partial charge in [-0.05, 0) is 53.5 Å². The largest absolute Gasteiger partial charge is 0.493 e. The molecule has 0 saturated carbocycles. The number of amides is 2. The van der Waals surface area contributed by atoms with E-state index < -0.39 is 63.2 Å². The van der Waals surface area contributed by atoms with Crippen molar-refractivity contribution in [3.05, 3.63) is 64.9 Å². The number of rotatable bonds is 7. The average molecular weight is 649 g/mol. The number of anilines is 1. The highest BCUT2D eigenvalue weighted by Gasteiger charge is 2.37. The van der Waals surface area contributed by atoms with Crippen LogP contribution in [0.3, 0.4) is 0 Å². The standard InChI is InChI=1S/C28H26F6N2O7S/c1-35(26(38)43-13-16-8-19(27(29,30)31)12-20(9-16)28(32,33)34)22-14-42-25-21(22)10-18(11-23(25)41-2)17-4-6-36(7-5-17)24(37)15-44(3,39)40/h4,8-12,14H,5-7,13,15H2,1-3H3. The van der Waals surface area contributed by atoms with E-state index in [-0.39, 0.29) is 30.4 Å². The first-order valence-corrected chi connectivity index (χ1v) is 14.9. The smallest absolute Gasteiger partial charge is 0.416 e. The van der Waals surface area contributed by atoms with Crippen molar-refractivity contribution in [2.24, 2.45) is 0 Å². The molecule has 0 saturated heterocycles. The van der Waals surface area contributed by atoms with Gasteiger partial charge in [0.2, 0.25) is 5.91 Å². The Bertz CT molecular complexity index is 1700. The van der Waals surface area contributed by atoms with Crippen molar-refractivity contribution in [3.8, 4) is 5.75 Å². The summed E-state index contributed by atoms with van der Waals surface area (Å²) in [6, 6.07) is 4.29. The molecule has 0 N–H and O–H groups in total. The highest BCUT2D eigenvalue weighted by molar-refractivity contribution is 7.91. The molecule has 2 aromatic carbocycles. The zero-order valence-corrected chi connectivity index (χ0v) is 24.3. The van der Waals surface area contributed by atoms with Crippen molar-refractivity contribution < 1.29 is 58.2 Å². The van der Waals surface area contributed by atoms with Crippen molar-refractivity contribution in [1.82, 2.24) is 4.90 Å². The van der Waals surface area contributed by atoms with E-state index in [4.69, 9.17) is 13.9 Å².